The van der Waals surface area contributed by atoms with Crippen molar-refractivity contribution in [1.82, 2.24) is 24.7 Å². The Balaban J connectivity index is 1.41. The third kappa shape index (κ3) is 3.62. The molecule has 7 heteroatoms. The molecule has 5 rings (SSSR count). The Labute approximate surface area is 177 Å². The van der Waals surface area contributed by atoms with Gasteiger partial charge in [-0.15, -0.1) is 0 Å². The molecule has 30 heavy (non-hydrogen) atoms. The number of piperidine rings is 1. The second-order valence-electron chi connectivity index (χ2n) is 8.74. The van der Waals surface area contributed by atoms with Crippen molar-refractivity contribution in [2.24, 2.45) is 5.92 Å². The highest BCUT2D eigenvalue weighted by Gasteiger charge is 2.50. The number of aromatic nitrogens is 2. The van der Waals surface area contributed by atoms with Gasteiger partial charge in [0.05, 0.1) is 25.0 Å². The lowest BCUT2D eigenvalue weighted by Gasteiger charge is -2.40. The standard InChI is InChI=1S/C23H29N5O2/c29-21-16-26(15-20-24-9-10-25-20)14-18-13-19(23(30)27-11-5-2-6-12-27)22(28(18)21)17-7-3-1-4-8-17/h1,3-4,7-10,18-19,22H,2,5-6,11-16H2,(H,24,25)/t18-,19-,22-/m1/s1. The summed E-state index contributed by atoms with van der Waals surface area (Å²) in [6, 6.07) is 10.0. The van der Waals surface area contributed by atoms with E-state index < -0.39 is 0 Å². The van der Waals surface area contributed by atoms with Crippen molar-refractivity contribution >= 4 is 11.8 Å². The summed E-state index contributed by atoms with van der Waals surface area (Å²) in [5.74, 6) is 1.04. The highest BCUT2D eigenvalue weighted by atomic mass is 16.2. The Morgan fingerprint density at radius 1 is 1.13 bits per heavy atom. The van der Waals surface area contributed by atoms with Crippen LogP contribution >= 0.6 is 0 Å². The molecular formula is C23H29N5O2. The summed E-state index contributed by atoms with van der Waals surface area (Å²) in [5.41, 5.74) is 1.07. The molecule has 2 aromatic rings. The first-order chi connectivity index (χ1) is 14.7. The summed E-state index contributed by atoms with van der Waals surface area (Å²) >= 11 is 0. The molecule has 0 bridgehead atoms. The molecule has 0 aliphatic carbocycles. The molecule has 1 N–H and O–H groups in total. The fourth-order valence-corrected chi connectivity index (χ4v) is 5.46. The number of H-pyrrole nitrogens is 1. The molecule has 3 aliphatic heterocycles. The third-order valence-electron chi connectivity index (χ3n) is 6.77. The number of carbonyl (C=O) groups excluding carboxylic acids is 2. The molecule has 4 heterocycles. The predicted molar refractivity (Wildman–Crippen MR) is 112 cm³/mol. The quantitative estimate of drug-likeness (QED) is 0.843. The summed E-state index contributed by atoms with van der Waals surface area (Å²) in [4.78, 5) is 40.4. The zero-order chi connectivity index (χ0) is 20.5. The molecule has 3 atom stereocenters. The summed E-state index contributed by atoms with van der Waals surface area (Å²) in [5, 5.41) is 0. The first-order valence-electron chi connectivity index (χ1n) is 11.1. The second kappa shape index (κ2) is 8.22. The number of piperazine rings is 1. The molecule has 0 saturated carbocycles. The van der Waals surface area contributed by atoms with Crippen molar-refractivity contribution in [2.45, 2.75) is 44.3 Å². The number of imidazole rings is 1. The highest BCUT2D eigenvalue weighted by Crippen LogP contribution is 2.44. The van der Waals surface area contributed by atoms with Gasteiger partial charge in [0.15, 0.2) is 0 Å². The van der Waals surface area contributed by atoms with Crippen molar-refractivity contribution in [1.29, 1.82) is 0 Å². The summed E-state index contributed by atoms with van der Waals surface area (Å²) < 4.78 is 0. The van der Waals surface area contributed by atoms with Gasteiger partial charge in [-0.05, 0) is 31.2 Å². The van der Waals surface area contributed by atoms with Crippen LogP contribution < -0.4 is 0 Å². The first-order valence-corrected chi connectivity index (χ1v) is 11.1. The topological polar surface area (TPSA) is 72.5 Å². The van der Waals surface area contributed by atoms with Gasteiger partial charge in [0.2, 0.25) is 11.8 Å². The lowest BCUT2D eigenvalue weighted by molar-refractivity contribution is -0.142. The van der Waals surface area contributed by atoms with Crippen LogP contribution in [0.3, 0.4) is 0 Å². The lowest BCUT2D eigenvalue weighted by atomic mass is 9.91. The molecule has 3 fully saturated rings. The maximum absolute atomic E-state index is 13.5. The van der Waals surface area contributed by atoms with Crippen LogP contribution in [0.1, 0.15) is 43.1 Å². The summed E-state index contributed by atoms with van der Waals surface area (Å²) in [6.45, 7) is 3.47. The second-order valence-corrected chi connectivity index (χ2v) is 8.74. The van der Waals surface area contributed by atoms with Gasteiger partial charge < -0.3 is 14.8 Å². The fourth-order valence-electron chi connectivity index (χ4n) is 5.46. The lowest BCUT2D eigenvalue weighted by Crippen LogP contribution is -2.54. The molecule has 1 aromatic carbocycles. The number of carbonyl (C=O) groups is 2. The van der Waals surface area contributed by atoms with Crippen LogP contribution in [-0.2, 0) is 16.1 Å². The molecule has 0 unspecified atom stereocenters. The zero-order valence-corrected chi connectivity index (χ0v) is 17.2. The number of likely N-dealkylation sites (tertiary alicyclic amines) is 1. The van der Waals surface area contributed by atoms with E-state index in [-0.39, 0.29) is 29.8 Å². The minimum atomic E-state index is -0.164. The molecule has 0 radical (unpaired) electrons. The van der Waals surface area contributed by atoms with E-state index >= 15 is 0 Å². The molecule has 3 saturated heterocycles. The van der Waals surface area contributed by atoms with Crippen molar-refractivity contribution < 1.29 is 9.59 Å². The number of aromatic amines is 1. The minimum Gasteiger partial charge on any atom is -0.348 e. The van der Waals surface area contributed by atoms with Crippen molar-refractivity contribution in [3.63, 3.8) is 0 Å². The Morgan fingerprint density at radius 2 is 1.93 bits per heavy atom. The van der Waals surface area contributed by atoms with Crippen LogP contribution in [-0.4, -0.2) is 68.7 Å². The van der Waals surface area contributed by atoms with E-state index in [1.165, 1.54) is 6.42 Å². The van der Waals surface area contributed by atoms with Crippen LogP contribution in [0.5, 0.6) is 0 Å². The summed E-state index contributed by atoms with van der Waals surface area (Å²) in [7, 11) is 0. The highest BCUT2D eigenvalue weighted by molar-refractivity contribution is 5.85. The largest absolute Gasteiger partial charge is 0.348 e. The number of nitrogens with one attached hydrogen (secondary N) is 1. The van der Waals surface area contributed by atoms with Gasteiger partial charge in [0.25, 0.3) is 0 Å². The molecule has 3 aliphatic rings. The van der Waals surface area contributed by atoms with E-state index in [0.29, 0.717) is 13.1 Å². The number of benzene rings is 1. The van der Waals surface area contributed by atoms with Gasteiger partial charge in [-0.25, -0.2) is 4.98 Å². The molecule has 7 nitrogen and oxygen atoms in total. The van der Waals surface area contributed by atoms with E-state index in [9.17, 15) is 9.59 Å². The Bertz CT molecular complexity index is 878. The van der Waals surface area contributed by atoms with Crippen molar-refractivity contribution in [3.8, 4) is 0 Å². The number of rotatable bonds is 4. The van der Waals surface area contributed by atoms with Crippen molar-refractivity contribution in [2.75, 3.05) is 26.2 Å². The molecular weight excluding hydrogens is 378 g/mol. The zero-order valence-electron chi connectivity index (χ0n) is 17.2. The average molecular weight is 408 g/mol. The molecule has 0 spiro atoms. The monoisotopic (exact) mass is 407 g/mol. The van der Waals surface area contributed by atoms with Crippen LogP contribution in [0.4, 0.5) is 0 Å². The Hall–Kier alpha value is -2.67. The third-order valence-corrected chi connectivity index (χ3v) is 6.77. The number of amides is 2. The van der Waals surface area contributed by atoms with Crippen LogP contribution in [0.2, 0.25) is 0 Å². The maximum atomic E-state index is 13.5. The molecule has 2 amide bonds. The maximum Gasteiger partial charge on any atom is 0.237 e. The van der Waals surface area contributed by atoms with Gasteiger partial charge in [0.1, 0.15) is 5.82 Å². The minimum absolute atomic E-state index is 0.0603. The van der Waals surface area contributed by atoms with Gasteiger partial charge in [0, 0.05) is 38.1 Å². The average Bonchev–Trinajstić information content (AvgIpc) is 3.42. The van der Waals surface area contributed by atoms with E-state index in [1.807, 2.05) is 34.2 Å². The number of hydrogen-bond donors (Lipinski definition) is 1. The van der Waals surface area contributed by atoms with Crippen molar-refractivity contribution in [3.05, 3.63) is 54.1 Å². The van der Waals surface area contributed by atoms with E-state index in [0.717, 1.165) is 50.3 Å². The van der Waals surface area contributed by atoms with Gasteiger partial charge >= 0.3 is 0 Å². The first kappa shape index (κ1) is 19.3. The summed E-state index contributed by atoms with van der Waals surface area (Å²) in [6.07, 6.45) is 7.64. The van der Waals surface area contributed by atoms with Gasteiger partial charge in [-0.1, -0.05) is 30.3 Å². The molecule has 158 valence electrons. The van der Waals surface area contributed by atoms with Gasteiger partial charge in [-0.3, -0.25) is 14.5 Å². The Kier molecular flexibility index (Phi) is 5.29. The van der Waals surface area contributed by atoms with Crippen LogP contribution in [0, 0.1) is 5.92 Å². The van der Waals surface area contributed by atoms with Gasteiger partial charge in [-0.2, -0.15) is 0 Å². The number of nitrogens with zero attached hydrogens (tertiary/aromatic N) is 4. The number of fused-ring (bicyclic) bond motifs is 1. The van der Waals surface area contributed by atoms with E-state index in [1.54, 1.807) is 6.20 Å². The molecule has 1 aromatic heterocycles. The van der Waals surface area contributed by atoms with Crippen LogP contribution in [0.15, 0.2) is 42.7 Å². The van der Waals surface area contributed by atoms with Crippen LogP contribution in [0.25, 0.3) is 0 Å². The Morgan fingerprint density at radius 3 is 2.67 bits per heavy atom. The SMILES string of the molecule is O=C([C@@H]1C[C@@H]2CN(Cc3ncc[nH]3)CC(=O)N2[C@@H]1c1ccccc1)N1CCCCC1. The van der Waals surface area contributed by atoms with E-state index in [2.05, 4.69) is 27.0 Å². The normalized spacial score (nSPS) is 27.3. The number of hydrogen-bond acceptors (Lipinski definition) is 4. The van der Waals surface area contributed by atoms with E-state index in [4.69, 9.17) is 0 Å². The smallest absolute Gasteiger partial charge is 0.237 e. The predicted octanol–water partition coefficient (Wildman–Crippen LogP) is 2.20. The fraction of sp³-hybridized carbons (Fsp3) is 0.522.